The fraction of sp³-hybridized carbons (Fsp3) is 0.524. The standard InChI is InChI=1S/C21H26N6O3/c1-29-16-7-6-14-12-17(21(28)22-18(14)13-16)19(26-8-10-30-11-9-26)20-23-24-25-27(20)15-4-2-3-5-15/h6-7,12-13,15,19H,2-5,8-11H2,1H3,(H,22,28)/p+1/t19-/m0/s1. The average Bonchev–Trinajstić information content (AvgIpc) is 3.47. The molecule has 2 aliphatic rings. The van der Waals surface area contributed by atoms with Crippen molar-refractivity contribution in [3.05, 3.63) is 46.0 Å². The monoisotopic (exact) mass is 411 g/mol. The summed E-state index contributed by atoms with van der Waals surface area (Å²) in [5, 5.41) is 13.7. The highest BCUT2D eigenvalue weighted by molar-refractivity contribution is 5.80. The fourth-order valence-corrected chi connectivity index (χ4v) is 4.80. The second-order valence-corrected chi connectivity index (χ2v) is 8.13. The topological polar surface area (TPSA) is 99.4 Å². The lowest BCUT2D eigenvalue weighted by atomic mass is 10.0. The highest BCUT2D eigenvalue weighted by Crippen LogP contribution is 2.31. The first-order valence-corrected chi connectivity index (χ1v) is 10.7. The van der Waals surface area contributed by atoms with Crippen LogP contribution in [0.25, 0.3) is 10.9 Å². The second-order valence-electron chi connectivity index (χ2n) is 8.13. The molecule has 0 amide bonds. The molecule has 3 aromatic rings. The van der Waals surface area contributed by atoms with Crippen molar-refractivity contribution in [3.8, 4) is 5.75 Å². The summed E-state index contributed by atoms with van der Waals surface area (Å²) in [5.74, 6) is 1.49. The molecule has 1 aliphatic heterocycles. The number of tetrazole rings is 1. The van der Waals surface area contributed by atoms with Crippen LogP contribution in [0.2, 0.25) is 0 Å². The summed E-state index contributed by atoms with van der Waals surface area (Å²) in [5.41, 5.74) is 1.34. The summed E-state index contributed by atoms with van der Waals surface area (Å²) in [7, 11) is 1.62. The van der Waals surface area contributed by atoms with E-state index in [2.05, 4.69) is 20.5 Å². The summed E-state index contributed by atoms with van der Waals surface area (Å²) in [6.07, 6.45) is 4.54. The lowest BCUT2D eigenvalue weighted by molar-refractivity contribution is -0.933. The largest absolute Gasteiger partial charge is 0.497 e. The maximum absolute atomic E-state index is 13.2. The second kappa shape index (κ2) is 8.16. The summed E-state index contributed by atoms with van der Waals surface area (Å²) < 4.78 is 12.8. The number of quaternary nitrogens is 1. The highest BCUT2D eigenvalue weighted by Gasteiger charge is 2.36. The van der Waals surface area contributed by atoms with Gasteiger partial charge in [-0.25, -0.2) is 4.68 Å². The Morgan fingerprint density at radius 1 is 1.23 bits per heavy atom. The van der Waals surface area contributed by atoms with Crippen LogP contribution in [0, 0.1) is 0 Å². The van der Waals surface area contributed by atoms with Gasteiger partial charge < -0.3 is 19.4 Å². The number of nitrogens with zero attached hydrogens (tertiary/aromatic N) is 4. The van der Waals surface area contributed by atoms with E-state index >= 15 is 0 Å². The number of hydrogen-bond acceptors (Lipinski definition) is 6. The number of rotatable bonds is 5. The molecule has 1 aromatic carbocycles. The molecule has 2 fully saturated rings. The van der Waals surface area contributed by atoms with Crippen molar-refractivity contribution in [1.82, 2.24) is 25.2 Å². The molecule has 1 aliphatic carbocycles. The summed E-state index contributed by atoms with van der Waals surface area (Å²) in [6, 6.07) is 7.78. The van der Waals surface area contributed by atoms with Crippen molar-refractivity contribution in [3.63, 3.8) is 0 Å². The number of hydrogen-bond donors (Lipinski definition) is 2. The third-order valence-electron chi connectivity index (χ3n) is 6.38. The van der Waals surface area contributed by atoms with E-state index in [-0.39, 0.29) is 11.6 Å². The molecule has 0 spiro atoms. The van der Waals surface area contributed by atoms with Crippen LogP contribution in [-0.2, 0) is 4.74 Å². The first-order valence-electron chi connectivity index (χ1n) is 10.7. The van der Waals surface area contributed by atoms with E-state index < -0.39 is 0 Å². The Morgan fingerprint density at radius 3 is 2.80 bits per heavy atom. The van der Waals surface area contributed by atoms with Gasteiger partial charge >= 0.3 is 0 Å². The van der Waals surface area contributed by atoms with Gasteiger partial charge in [-0.1, -0.05) is 12.8 Å². The summed E-state index contributed by atoms with van der Waals surface area (Å²) >= 11 is 0. The maximum Gasteiger partial charge on any atom is 0.258 e. The van der Waals surface area contributed by atoms with E-state index in [0.717, 1.165) is 42.7 Å². The van der Waals surface area contributed by atoms with Crippen LogP contribution in [0.3, 0.4) is 0 Å². The predicted octanol–water partition coefficient (Wildman–Crippen LogP) is 0.643. The average molecular weight is 411 g/mol. The smallest absolute Gasteiger partial charge is 0.258 e. The SMILES string of the molecule is COc1ccc2cc([C@@H](c3nnnn3C3CCCC3)[NH+]3CCOCC3)c(=O)[nH]c2c1. The van der Waals surface area contributed by atoms with Crippen LogP contribution in [-0.4, -0.2) is 58.6 Å². The van der Waals surface area contributed by atoms with Crippen molar-refractivity contribution in [2.75, 3.05) is 33.4 Å². The number of pyridine rings is 1. The number of aromatic amines is 1. The molecule has 1 saturated carbocycles. The van der Waals surface area contributed by atoms with Crippen LogP contribution >= 0.6 is 0 Å². The Kier molecular flexibility index (Phi) is 5.22. The molecule has 2 aromatic heterocycles. The third-order valence-corrected chi connectivity index (χ3v) is 6.38. The van der Waals surface area contributed by atoms with E-state index in [4.69, 9.17) is 9.47 Å². The van der Waals surface area contributed by atoms with E-state index in [1.165, 1.54) is 17.7 Å². The molecule has 158 valence electrons. The number of ether oxygens (including phenoxy) is 2. The van der Waals surface area contributed by atoms with Crippen molar-refractivity contribution >= 4 is 10.9 Å². The molecule has 1 saturated heterocycles. The van der Waals surface area contributed by atoms with Gasteiger partial charge in [-0.05, 0) is 46.9 Å². The number of morpholine rings is 1. The van der Waals surface area contributed by atoms with Crippen LogP contribution in [0.4, 0.5) is 0 Å². The number of methoxy groups -OCH3 is 1. The van der Waals surface area contributed by atoms with Gasteiger partial charge in [0.25, 0.3) is 5.56 Å². The van der Waals surface area contributed by atoms with E-state index in [9.17, 15) is 4.79 Å². The predicted molar refractivity (Wildman–Crippen MR) is 110 cm³/mol. The molecular formula is C21H27N6O3+. The molecule has 9 heteroatoms. The lowest BCUT2D eigenvalue weighted by Crippen LogP contribution is -3.14. The van der Waals surface area contributed by atoms with Gasteiger partial charge in [0.1, 0.15) is 18.8 Å². The molecule has 3 heterocycles. The quantitative estimate of drug-likeness (QED) is 0.639. The first-order chi connectivity index (χ1) is 14.7. The van der Waals surface area contributed by atoms with Gasteiger partial charge in [0.05, 0.1) is 37.4 Å². The highest BCUT2D eigenvalue weighted by atomic mass is 16.5. The molecule has 30 heavy (non-hydrogen) atoms. The van der Waals surface area contributed by atoms with Crippen LogP contribution in [0.1, 0.15) is 49.2 Å². The minimum atomic E-state index is -0.236. The Bertz CT molecular complexity index is 1080. The van der Waals surface area contributed by atoms with Gasteiger partial charge in [0.15, 0.2) is 6.04 Å². The normalized spacial score (nSPS) is 19.4. The zero-order chi connectivity index (χ0) is 20.5. The zero-order valence-corrected chi connectivity index (χ0v) is 17.1. The molecule has 5 rings (SSSR count). The van der Waals surface area contributed by atoms with Gasteiger partial charge in [-0.15, -0.1) is 5.10 Å². The van der Waals surface area contributed by atoms with E-state index in [0.29, 0.717) is 30.6 Å². The molecule has 0 radical (unpaired) electrons. The molecule has 0 bridgehead atoms. The molecule has 2 N–H and O–H groups in total. The van der Waals surface area contributed by atoms with Crippen molar-refractivity contribution in [2.24, 2.45) is 0 Å². The van der Waals surface area contributed by atoms with Gasteiger partial charge in [0, 0.05) is 6.07 Å². The molecule has 9 nitrogen and oxygen atoms in total. The van der Waals surface area contributed by atoms with E-state index in [1.807, 2.05) is 28.9 Å². The van der Waals surface area contributed by atoms with Crippen LogP contribution in [0.15, 0.2) is 29.1 Å². The Hall–Kier alpha value is -2.78. The molecule has 0 unspecified atom stereocenters. The number of benzene rings is 1. The summed E-state index contributed by atoms with van der Waals surface area (Å²) in [6.45, 7) is 2.95. The Balaban J connectivity index is 1.63. The van der Waals surface area contributed by atoms with Crippen LogP contribution < -0.4 is 15.2 Å². The lowest BCUT2D eigenvalue weighted by Gasteiger charge is -2.31. The summed E-state index contributed by atoms with van der Waals surface area (Å²) in [4.78, 5) is 17.5. The van der Waals surface area contributed by atoms with Crippen molar-refractivity contribution in [1.29, 1.82) is 0 Å². The van der Waals surface area contributed by atoms with E-state index in [1.54, 1.807) is 7.11 Å². The number of H-pyrrole nitrogens is 1. The first kappa shape index (κ1) is 19.2. The van der Waals surface area contributed by atoms with Gasteiger partial charge in [0.2, 0.25) is 5.82 Å². The number of fused-ring (bicyclic) bond motifs is 1. The molecule has 1 atom stereocenters. The molecular weight excluding hydrogens is 384 g/mol. The Labute approximate surface area is 174 Å². The minimum Gasteiger partial charge on any atom is -0.497 e. The maximum atomic E-state index is 13.2. The minimum absolute atomic E-state index is 0.110. The van der Waals surface area contributed by atoms with Crippen molar-refractivity contribution in [2.45, 2.75) is 37.8 Å². The third kappa shape index (κ3) is 3.48. The number of nitrogens with one attached hydrogen (secondary N) is 2. The van der Waals surface area contributed by atoms with Crippen molar-refractivity contribution < 1.29 is 14.4 Å². The Morgan fingerprint density at radius 2 is 2.03 bits per heavy atom. The zero-order valence-electron chi connectivity index (χ0n) is 17.1. The van der Waals surface area contributed by atoms with Gasteiger partial charge in [-0.2, -0.15) is 0 Å². The fourth-order valence-electron chi connectivity index (χ4n) is 4.80. The van der Waals surface area contributed by atoms with Gasteiger partial charge in [-0.3, -0.25) is 4.79 Å². The van der Waals surface area contributed by atoms with Crippen LogP contribution in [0.5, 0.6) is 5.75 Å². The number of aromatic nitrogens is 5.